The fourth-order valence-corrected chi connectivity index (χ4v) is 2.53. The van der Waals surface area contributed by atoms with E-state index in [9.17, 15) is 4.79 Å². The number of hydrogen-bond acceptors (Lipinski definition) is 2. The number of carbonyl (C=O) groups excluding carboxylic acids is 1. The van der Waals surface area contributed by atoms with Crippen LogP contribution in [0.4, 0.5) is 0 Å². The van der Waals surface area contributed by atoms with Gasteiger partial charge in [0.25, 0.3) is 0 Å². The molecule has 1 fully saturated rings. The third kappa shape index (κ3) is 2.03. The van der Waals surface area contributed by atoms with Gasteiger partial charge in [-0.3, -0.25) is 9.78 Å². The number of rotatable bonds is 3. The van der Waals surface area contributed by atoms with E-state index in [1.165, 1.54) is 0 Å². The summed E-state index contributed by atoms with van der Waals surface area (Å²) >= 11 is 0. The zero-order valence-electron chi connectivity index (χ0n) is 10.8. The molecular weight excluding hydrogens is 222 g/mol. The standard InChI is InChI=1S/C16H17NO/c1-16(2)10-13(16)15(18)9-12-8-7-11-5-3-4-6-14(11)17-12/h3-8,13H,9-10H2,1-2H3. The number of carbonyl (C=O) groups is 1. The van der Waals surface area contributed by atoms with Crippen LogP contribution in [-0.2, 0) is 11.2 Å². The zero-order chi connectivity index (χ0) is 12.8. The maximum absolute atomic E-state index is 12.1. The van der Waals surface area contributed by atoms with Gasteiger partial charge in [0.15, 0.2) is 0 Å². The molecule has 1 aliphatic carbocycles. The van der Waals surface area contributed by atoms with Gasteiger partial charge in [-0.15, -0.1) is 0 Å². The second kappa shape index (κ2) is 3.91. The molecule has 18 heavy (non-hydrogen) atoms. The average Bonchev–Trinajstić information content (AvgIpc) is 2.98. The molecule has 1 aromatic heterocycles. The van der Waals surface area contributed by atoms with Gasteiger partial charge in [0.05, 0.1) is 5.52 Å². The summed E-state index contributed by atoms with van der Waals surface area (Å²) in [6.45, 7) is 4.31. The van der Waals surface area contributed by atoms with Gasteiger partial charge in [0.2, 0.25) is 0 Å². The normalized spacial score (nSPS) is 20.9. The van der Waals surface area contributed by atoms with Crippen molar-refractivity contribution in [1.82, 2.24) is 4.98 Å². The average molecular weight is 239 g/mol. The Morgan fingerprint density at radius 3 is 2.72 bits per heavy atom. The summed E-state index contributed by atoms with van der Waals surface area (Å²) in [6.07, 6.45) is 1.50. The molecule has 2 aromatic rings. The molecule has 1 saturated carbocycles. The number of ketones is 1. The maximum atomic E-state index is 12.1. The van der Waals surface area contributed by atoms with Crippen LogP contribution < -0.4 is 0 Å². The van der Waals surface area contributed by atoms with Crippen molar-refractivity contribution < 1.29 is 4.79 Å². The number of nitrogens with zero attached hydrogens (tertiary/aromatic N) is 1. The smallest absolute Gasteiger partial charge is 0.142 e. The van der Waals surface area contributed by atoms with Gasteiger partial charge in [0, 0.05) is 23.4 Å². The quantitative estimate of drug-likeness (QED) is 0.821. The van der Waals surface area contributed by atoms with Crippen LogP contribution in [0.15, 0.2) is 36.4 Å². The lowest BCUT2D eigenvalue weighted by Crippen LogP contribution is -2.10. The molecule has 1 aliphatic rings. The van der Waals surface area contributed by atoms with Gasteiger partial charge >= 0.3 is 0 Å². The van der Waals surface area contributed by atoms with E-state index in [0.29, 0.717) is 12.2 Å². The number of para-hydroxylation sites is 1. The summed E-state index contributed by atoms with van der Waals surface area (Å²) in [4.78, 5) is 16.6. The minimum absolute atomic E-state index is 0.216. The molecule has 0 spiro atoms. The van der Waals surface area contributed by atoms with E-state index >= 15 is 0 Å². The minimum atomic E-state index is 0.216. The first kappa shape index (κ1) is 11.4. The monoisotopic (exact) mass is 239 g/mol. The molecular formula is C16H17NO. The van der Waals surface area contributed by atoms with Crippen molar-refractivity contribution in [2.24, 2.45) is 11.3 Å². The van der Waals surface area contributed by atoms with Crippen molar-refractivity contribution in [3.8, 4) is 0 Å². The fraction of sp³-hybridized carbons (Fsp3) is 0.375. The Morgan fingerprint density at radius 2 is 2.00 bits per heavy atom. The summed E-state index contributed by atoms with van der Waals surface area (Å²) in [5.41, 5.74) is 2.08. The number of hydrogen-bond donors (Lipinski definition) is 0. The van der Waals surface area contributed by atoms with Crippen LogP contribution in [0.2, 0.25) is 0 Å². The highest BCUT2D eigenvalue weighted by Gasteiger charge is 2.49. The van der Waals surface area contributed by atoms with E-state index < -0.39 is 0 Å². The lowest BCUT2D eigenvalue weighted by atomic mass is 10.0. The van der Waals surface area contributed by atoms with Crippen LogP contribution in [0.3, 0.4) is 0 Å². The molecule has 0 radical (unpaired) electrons. The number of fused-ring (bicyclic) bond motifs is 1. The maximum Gasteiger partial charge on any atom is 0.142 e. The van der Waals surface area contributed by atoms with Gasteiger partial charge in [-0.25, -0.2) is 0 Å². The molecule has 0 saturated heterocycles. The van der Waals surface area contributed by atoms with E-state index in [0.717, 1.165) is 23.0 Å². The van der Waals surface area contributed by atoms with Crippen LogP contribution in [-0.4, -0.2) is 10.8 Å². The first-order valence-electron chi connectivity index (χ1n) is 6.44. The molecule has 2 heteroatoms. The number of benzene rings is 1. The highest BCUT2D eigenvalue weighted by Crippen LogP contribution is 2.52. The molecule has 92 valence electrons. The number of aromatic nitrogens is 1. The molecule has 3 rings (SSSR count). The highest BCUT2D eigenvalue weighted by molar-refractivity contribution is 5.87. The number of pyridine rings is 1. The van der Waals surface area contributed by atoms with E-state index in [4.69, 9.17) is 0 Å². The van der Waals surface area contributed by atoms with Gasteiger partial charge in [-0.05, 0) is 24.0 Å². The summed E-state index contributed by atoms with van der Waals surface area (Å²) in [6, 6.07) is 12.0. The van der Waals surface area contributed by atoms with Crippen LogP contribution >= 0.6 is 0 Å². The third-order valence-electron chi connectivity index (χ3n) is 3.91. The first-order chi connectivity index (χ1) is 8.56. The molecule has 0 N–H and O–H groups in total. The van der Waals surface area contributed by atoms with Gasteiger partial charge < -0.3 is 0 Å². The van der Waals surface area contributed by atoms with Crippen molar-refractivity contribution in [3.63, 3.8) is 0 Å². The lowest BCUT2D eigenvalue weighted by Gasteiger charge is -2.04. The second-order valence-electron chi connectivity index (χ2n) is 5.88. The molecule has 1 aromatic carbocycles. The Morgan fingerprint density at radius 1 is 1.28 bits per heavy atom. The van der Waals surface area contributed by atoms with E-state index in [1.54, 1.807) is 0 Å². The Kier molecular flexibility index (Phi) is 2.47. The molecule has 1 heterocycles. The molecule has 0 bridgehead atoms. The van der Waals surface area contributed by atoms with Crippen LogP contribution in [0.25, 0.3) is 10.9 Å². The Labute approximate surface area is 107 Å². The van der Waals surface area contributed by atoms with Crippen molar-refractivity contribution in [1.29, 1.82) is 0 Å². The van der Waals surface area contributed by atoms with Gasteiger partial charge in [-0.1, -0.05) is 38.1 Å². The van der Waals surface area contributed by atoms with Crippen molar-refractivity contribution >= 4 is 16.7 Å². The van der Waals surface area contributed by atoms with Crippen LogP contribution in [0, 0.1) is 11.3 Å². The Bertz CT molecular complexity index is 615. The summed E-state index contributed by atoms with van der Waals surface area (Å²) in [7, 11) is 0. The molecule has 0 amide bonds. The predicted molar refractivity (Wildman–Crippen MR) is 72.3 cm³/mol. The molecule has 0 aliphatic heterocycles. The molecule has 1 unspecified atom stereocenters. The fourth-order valence-electron chi connectivity index (χ4n) is 2.53. The molecule has 1 atom stereocenters. The van der Waals surface area contributed by atoms with Gasteiger partial charge in [-0.2, -0.15) is 0 Å². The first-order valence-corrected chi connectivity index (χ1v) is 6.44. The lowest BCUT2D eigenvalue weighted by molar-refractivity contribution is -0.120. The van der Waals surface area contributed by atoms with E-state index in [2.05, 4.69) is 18.8 Å². The van der Waals surface area contributed by atoms with Crippen molar-refractivity contribution in [3.05, 3.63) is 42.1 Å². The highest BCUT2D eigenvalue weighted by atomic mass is 16.1. The summed E-state index contributed by atoms with van der Waals surface area (Å²) in [5.74, 6) is 0.577. The minimum Gasteiger partial charge on any atom is -0.299 e. The number of Topliss-reactive ketones (excluding diaryl/α,β-unsaturated/α-hetero) is 1. The zero-order valence-corrected chi connectivity index (χ0v) is 10.8. The topological polar surface area (TPSA) is 30.0 Å². The van der Waals surface area contributed by atoms with E-state index in [1.807, 2.05) is 36.4 Å². The third-order valence-corrected chi connectivity index (χ3v) is 3.91. The summed E-state index contributed by atoms with van der Waals surface area (Å²) in [5, 5.41) is 1.13. The van der Waals surface area contributed by atoms with Crippen molar-refractivity contribution in [2.45, 2.75) is 26.7 Å². The van der Waals surface area contributed by atoms with Crippen LogP contribution in [0.1, 0.15) is 26.0 Å². The van der Waals surface area contributed by atoms with E-state index in [-0.39, 0.29) is 11.3 Å². The Hall–Kier alpha value is -1.70. The predicted octanol–water partition coefficient (Wildman–Crippen LogP) is 3.39. The summed E-state index contributed by atoms with van der Waals surface area (Å²) < 4.78 is 0. The SMILES string of the molecule is CC1(C)CC1C(=O)Cc1ccc2ccccc2n1. The van der Waals surface area contributed by atoms with Crippen LogP contribution in [0.5, 0.6) is 0 Å². The van der Waals surface area contributed by atoms with Gasteiger partial charge in [0.1, 0.15) is 5.78 Å². The largest absolute Gasteiger partial charge is 0.299 e. The Balaban J connectivity index is 1.81. The second-order valence-corrected chi connectivity index (χ2v) is 5.88. The molecule has 2 nitrogen and oxygen atoms in total. The van der Waals surface area contributed by atoms with Crippen molar-refractivity contribution in [2.75, 3.05) is 0 Å².